The first-order valence-electron chi connectivity index (χ1n) is 9.98. The molecule has 1 fully saturated rings. The van der Waals surface area contributed by atoms with Gasteiger partial charge in [-0.1, -0.05) is 18.2 Å². The molecule has 156 valence electrons. The van der Waals surface area contributed by atoms with E-state index in [0.29, 0.717) is 6.54 Å². The van der Waals surface area contributed by atoms with Crippen LogP contribution in [0.1, 0.15) is 16.7 Å². The van der Waals surface area contributed by atoms with Crippen molar-refractivity contribution in [2.24, 2.45) is 0 Å². The van der Waals surface area contributed by atoms with E-state index in [4.69, 9.17) is 0 Å². The third kappa shape index (κ3) is 6.13. The lowest BCUT2D eigenvalue weighted by atomic mass is 10.1. The van der Waals surface area contributed by atoms with E-state index in [2.05, 4.69) is 31.9 Å². The molecular weight excluding hydrogens is 384 g/mol. The molecule has 2 heterocycles. The van der Waals surface area contributed by atoms with Crippen molar-refractivity contribution in [3.05, 3.63) is 51.7 Å². The summed E-state index contributed by atoms with van der Waals surface area (Å²) in [4.78, 5) is 31.1. The van der Waals surface area contributed by atoms with E-state index in [9.17, 15) is 9.59 Å². The number of nitrogens with zero attached hydrogens (tertiary/aromatic N) is 3. The van der Waals surface area contributed by atoms with Crippen LogP contribution in [0.5, 0.6) is 0 Å². The van der Waals surface area contributed by atoms with E-state index in [1.165, 1.54) is 10.5 Å². The molecule has 0 bridgehead atoms. The van der Waals surface area contributed by atoms with E-state index in [0.717, 1.165) is 49.5 Å². The highest BCUT2D eigenvalue weighted by Gasteiger charge is 2.21. The van der Waals surface area contributed by atoms with Crippen molar-refractivity contribution in [3.63, 3.8) is 0 Å². The van der Waals surface area contributed by atoms with Crippen LogP contribution >= 0.6 is 11.3 Å². The molecule has 3 rings (SSSR count). The number of piperazine rings is 1. The lowest BCUT2D eigenvalue weighted by Crippen LogP contribution is -2.49. The number of carbonyl (C=O) groups excluding carboxylic acids is 2. The Morgan fingerprint density at radius 1 is 1.07 bits per heavy atom. The highest BCUT2D eigenvalue weighted by Crippen LogP contribution is 2.19. The molecule has 1 aliphatic heterocycles. The van der Waals surface area contributed by atoms with Gasteiger partial charge in [0.2, 0.25) is 11.8 Å². The Balaban J connectivity index is 1.42. The number of nitrogens with one attached hydrogen (secondary N) is 1. The van der Waals surface area contributed by atoms with Gasteiger partial charge in [0.15, 0.2) is 0 Å². The maximum atomic E-state index is 12.6. The van der Waals surface area contributed by atoms with Crippen LogP contribution in [0.3, 0.4) is 0 Å². The van der Waals surface area contributed by atoms with Crippen molar-refractivity contribution < 1.29 is 9.59 Å². The molecule has 1 aliphatic rings. The van der Waals surface area contributed by atoms with Crippen molar-refractivity contribution in [2.45, 2.75) is 20.4 Å². The maximum Gasteiger partial charge on any atom is 0.243 e. The molecule has 2 amide bonds. The minimum Gasteiger partial charge on any atom is -0.335 e. The molecule has 0 unspecified atom stereocenters. The number of benzene rings is 1. The molecule has 1 aromatic heterocycles. The number of likely N-dealkylation sites (N-methyl/N-ethyl adjacent to an activating group) is 1. The molecule has 0 spiro atoms. The Bertz CT molecular complexity index is 809. The summed E-state index contributed by atoms with van der Waals surface area (Å²) in [5.74, 6) is -0.188. The Morgan fingerprint density at radius 3 is 2.34 bits per heavy atom. The second-order valence-electron chi connectivity index (χ2n) is 7.75. The van der Waals surface area contributed by atoms with Crippen LogP contribution in [0.15, 0.2) is 35.0 Å². The van der Waals surface area contributed by atoms with Crippen LogP contribution in [0.4, 0.5) is 5.69 Å². The number of rotatable bonds is 7. The molecular formula is C22H30N4O2S. The highest BCUT2D eigenvalue weighted by molar-refractivity contribution is 7.07. The summed E-state index contributed by atoms with van der Waals surface area (Å²) in [6.45, 7) is 9.00. The number of carbonyl (C=O) groups is 2. The second-order valence-corrected chi connectivity index (χ2v) is 8.53. The van der Waals surface area contributed by atoms with Gasteiger partial charge in [-0.15, -0.1) is 0 Å². The smallest absolute Gasteiger partial charge is 0.243 e. The summed E-state index contributed by atoms with van der Waals surface area (Å²) in [6.07, 6.45) is 0. The van der Waals surface area contributed by atoms with Crippen molar-refractivity contribution in [1.82, 2.24) is 14.7 Å². The van der Waals surface area contributed by atoms with Crippen molar-refractivity contribution in [1.29, 1.82) is 0 Å². The standard InChI is InChI=1S/C22H30N4O2S/c1-17-5-4-6-18(2)22(17)23-20(27)14-24(3)21(28)15-26-10-8-25(9-11-26)13-19-7-12-29-16-19/h4-7,12,16H,8-11,13-15H2,1-3H3,(H,23,27). The number of hydrogen-bond donors (Lipinski definition) is 1. The minimum absolute atomic E-state index is 0.0204. The normalized spacial score (nSPS) is 15.3. The van der Waals surface area contributed by atoms with E-state index in [1.54, 1.807) is 18.4 Å². The van der Waals surface area contributed by atoms with Crippen LogP contribution < -0.4 is 5.32 Å². The zero-order valence-electron chi connectivity index (χ0n) is 17.5. The molecule has 0 radical (unpaired) electrons. The van der Waals surface area contributed by atoms with Gasteiger partial charge in [-0.2, -0.15) is 11.3 Å². The van der Waals surface area contributed by atoms with Gasteiger partial charge in [-0.3, -0.25) is 19.4 Å². The van der Waals surface area contributed by atoms with Gasteiger partial charge >= 0.3 is 0 Å². The molecule has 2 aromatic rings. The Morgan fingerprint density at radius 2 is 1.72 bits per heavy atom. The summed E-state index contributed by atoms with van der Waals surface area (Å²) in [6, 6.07) is 8.07. The average molecular weight is 415 g/mol. The van der Waals surface area contributed by atoms with E-state index < -0.39 is 0 Å². The van der Waals surface area contributed by atoms with Crippen LogP contribution in [-0.2, 0) is 16.1 Å². The number of aryl methyl sites for hydroxylation is 2. The molecule has 1 aromatic carbocycles. The molecule has 29 heavy (non-hydrogen) atoms. The number of anilines is 1. The summed E-state index contributed by atoms with van der Waals surface area (Å²) in [7, 11) is 1.69. The average Bonchev–Trinajstić information content (AvgIpc) is 3.19. The first-order chi connectivity index (χ1) is 13.9. The molecule has 1 saturated heterocycles. The summed E-state index contributed by atoms with van der Waals surface area (Å²) in [5.41, 5.74) is 4.23. The first kappa shape index (κ1) is 21.5. The predicted molar refractivity (Wildman–Crippen MR) is 118 cm³/mol. The zero-order valence-corrected chi connectivity index (χ0v) is 18.3. The molecule has 7 heteroatoms. The Hall–Kier alpha value is -2.22. The predicted octanol–water partition coefficient (Wildman–Crippen LogP) is 2.58. The molecule has 0 saturated carbocycles. The van der Waals surface area contributed by atoms with Crippen LogP contribution in [0, 0.1) is 13.8 Å². The zero-order chi connectivity index (χ0) is 20.8. The third-order valence-electron chi connectivity index (χ3n) is 5.36. The maximum absolute atomic E-state index is 12.6. The monoisotopic (exact) mass is 414 g/mol. The van der Waals surface area contributed by atoms with Crippen LogP contribution in [0.2, 0.25) is 0 Å². The Labute approximate surface area is 177 Å². The van der Waals surface area contributed by atoms with E-state index in [1.807, 2.05) is 32.0 Å². The van der Waals surface area contributed by atoms with Crippen LogP contribution in [-0.4, -0.2) is 72.8 Å². The van der Waals surface area contributed by atoms with Gasteiger partial charge in [0.05, 0.1) is 13.1 Å². The van der Waals surface area contributed by atoms with Gasteiger partial charge in [-0.05, 0) is 47.4 Å². The first-order valence-corrected chi connectivity index (χ1v) is 10.9. The second kappa shape index (κ2) is 10.0. The summed E-state index contributed by atoms with van der Waals surface area (Å²) < 4.78 is 0. The van der Waals surface area contributed by atoms with Crippen LogP contribution in [0.25, 0.3) is 0 Å². The van der Waals surface area contributed by atoms with Gasteiger partial charge in [-0.25, -0.2) is 0 Å². The minimum atomic E-state index is -0.168. The van der Waals surface area contributed by atoms with Gasteiger partial charge < -0.3 is 10.2 Å². The fraction of sp³-hybridized carbons (Fsp3) is 0.455. The lowest BCUT2D eigenvalue weighted by Gasteiger charge is -2.34. The quantitative estimate of drug-likeness (QED) is 0.757. The highest BCUT2D eigenvalue weighted by atomic mass is 32.1. The van der Waals surface area contributed by atoms with Crippen molar-refractivity contribution in [2.75, 3.05) is 51.6 Å². The van der Waals surface area contributed by atoms with E-state index >= 15 is 0 Å². The van der Waals surface area contributed by atoms with Gasteiger partial charge in [0.25, 0.3) is 0 Å². The number of para-hydroxylation sites is 1. The van der Waals surface area contributed by atoms with Crippen molar-refractivity contribution >= 4 is 28.8 Å². The fourth-order valence-electron chi connectivity index (χ4n) is 3.55. The van der Waals surface area contributed by atoms with Gasteiger partial charge in [0.1, 0.15) is 0 Å². The Kier molecular flexibility index (Phi) is 7.41. The van der Waals surface area contributed by atoms with Gasteiger partial charge in [0, 0.05) is 45.5 Å². The molecule has 6 nitrogen and oxygen atoms in total. The lowest BCUT2D eigenvalue weighted by molar-refractivity contribution is -0.134. The number of thiophene rings is 1. The molecule has 0 aliphatic carbocycles. The number of amides is 2. The SMILES string of the molecule is Cc1cccc(C)c1NC(=O)CN(C)C(=O)CN1CCN(Cc2ccsc2)CC1. The summed E-state index contributed by atoms with van der Waals surface area (Å²) in [5, 5.41) is 7.24. The fourth-order valence-corrected chi connectivity index (χ4v) is 4.21. The largest absolute Gasteiger partial charge is 0.335 e. The number of hydrogen-bond acceptors (Lipinski definition) is 5. The summed E-state index contributed by atoms with van der Waals surface area (Å²) >= 11 is 1.73. The topological polar surface area (TPSA) is 55.9 Å². The van der Waals surface area contributed by atoms with E-state index in [-0.39, 0.29) is 18.4 Å². The third-order valence-corrected chi connectivity index (χ3v) is 6.09. The van der Waals surface area contributed by atoms with Crippen molar-refractivity contribution in [3.8, 4) is 0 Å². The molecule has 0 atom stereocenters. The molecule has 1 N–H and O–H groups in total.